The van der Waals surface area contributed by atoms with Gasteiger partial charge in [0.15, 0.2) is 0 Å². The number of piperidine rings is 1. The van der Waals surface area contributed by atoms with Crippen molar-refractivity contribution in [1.29, 1.82) is 0 Å². The van der Waals surface area contributed by atoms with Crippen molar-refractivity contribution in [3.8, 4) is 0 Å². The van der Waals surface area contributed by atoms with Crippen molar-refractivity contribution in [3.63, 3.8) is 0 Å². The third kappa shape index (κ3) is 4.35. The predicted molar refractivity (Wildman–Crippen MR) is 106 cm³/mol. The van der Waals surface area contributed by atoms with Crippen LogP contribution in [-0.4, -0.2) is 47.8 Å². The van der Waals surface area contributed by atoms with E-state index in [9.17, 15) is 14.4 Å². The average molecular weight is 388 g/mol. The fourth-order valence-electron chi connectivity index (χ4n) is 3.27. The van der Waals surface area contributed by atoms with Crippen LogP contribution < -0.4 is 4.90 Å². The summed E-state index contributed by atoms with van der Waals surface area (Å²) in [6.45, 7) is 5.54. The van der Waals surface area contributed by atoms with Gasteiger partial charge in [-0.3, -0.25) is 14.5 Å². The number of esters is 1. The van der Waals surface area contributed by atoms with E-state index >= 15 is 0 Å². The molecule has 2 aliphatic rings. The Balaban J connectivity index is 1.72. The highest BCUT2D eigenvalue weighted by Gasteiger charge is 2.41. The normalized spacial score (nSPS) is 20.3. The first-order chi connectivity index (χ1) is 13.0. The topological polar surface area (TPSA) is 66.9 Å². The van der Waals surface area contributed by atoms with Gasteiger partial charge in [-0.05, 0) is 68.6 Å². The summed E-state index contributed by atoms with van der Waals surface area (Å²) in [7, 11) is 0. The Morgan fingerprint density at radius 2 is 1.85 bits per heavy atom. The number of carbonyl (C=O) groups excluding carboxylic acids is 3. The molecule has 0 bridgehead atoms. The Morgan fingerprint density at radius 1 is 1.19 bits per heavy atom. The molecule has 1 atom stereocenters. The molecule has 2 fully saturated rings. The molecule has 0 spiro atoms. The lowest BCUT2D eigenvalue weighted by atomic mass is 10.1. The molecule has 0 aliphatic carbocycles. The van der Waals surface area contributed by atoms with Crippen LogP contribution in [0.5, 0.6) is 0 Å². The van der Waals surface area contributed by atoms with Crippen molar-refractivity contribution in [2.75, 3.05) is 24.6 Å². The van der Waals surface area contributed by atoms with E-state index in [0.29, 0.717) is 4.91 Å². The van der Waals surface area contributed by atoms with Crippen molar-refractivity contribution in [2.24, 2.45) is 0 Å². The zero-order valence-corrected chi connectivity index (χ0v) is 16.5. The molecule has 3 rings (SSSR count). The number of carbonyl (C=O) groups is 3. The van der Waals surface area contributed by atoms with Crippen molar-refractivity contribution in [1.82, 2.24) is 4.90 Å². The maximum Gasteiger partial charge on any atom is 0.329 e. The van der Waals surface area contributed by atoms with Gasteiger partial charge in [0.25, 0.3) is 11.1 Å². The Morgan fingerprint density at radius 3 is 2.48 bits per heavy atom. The number of ether oxygens (including phenoxy) is 1. The maximum atomic E-state index is 12.6. The number of benzene rings is 1. The number of hydrogen-bond donors (Lipinski definition) is 0. The lowest BCUT2D eigenvalue weighted by Gasteiger charge is -2.28. The quantitative estimate of drug-likeness (QED) is 0.566. The van der Waals surface area contributed by atoms with E-state index in [2.05, 4.69) is 4.90 Å². The molecule has 2 amide bonds. The van der Waals surface area contributed by atoms with Crippen molar-refractivity contribution in [2.45, 2.75) is 39.2 Å². The summed E-state index contributed by atoms with van der Waals surface area (Å²) >= 11 is 0.853. The van der Waals surface area contributed by atoms with Gasteiger partial charge in [0.1, 0.15) is 6.04 Å². The van der Waals surface area contributed by atoms with Crippen LogP contribution in [0.3, 0.4) is 0 Å². The summed E-state index contributed by atoms with van der Waals surface area (Å²) in [5.41, 5.74) is 2.03. The van der Waals surface area contributed by atoms with Gasteiger partial charge in [-0.1, -0.05) is 12.1 Å². The molecule has 2 saturated heterocycles. The summed E-state index contributed by atoms with van der Waals surface area (Å²) < 4.78 is 4.92. The smallest absolute Gasteiger partial charge is 0.329 e. The second-order valence-electron chi connectivity index (χ2n) is 6.62. The minimum atomic E-state index is -0.926. The molecule has 2 heterocycles. The molecule has 1 aromatic carbocycles. The fraction of sp³-hybridized carbons (Fsp3) is 0.450. The van der Waals surface area contributed by atoms with Crippen LogP contribution in [0.1, 0.15) is 38.7 Å². The molecule has 7 heteroatoms. The zero-order chi connectivity index (χ0) is 19.4. The van der Waals surface area contributed by atoms with Crippen molar-refractivity contribution in [3.05, 3.63) is 34.7 Å². The lowest BCUT2D eigenvalue weighted by molar-refractivity contribution is -0.150. The highest BCUT2D eigenvalue weighted by atomic mass is 32.2. The number of anilines is 1. The number of thioether (sulfide) groups is 1. The van der Waals surface area contributed by atoms with Crippen molar-refractivity contribution < 1.29 is 19.1 Å². The van der Waals surface area contributed by atoms with Crippen LogP contribution in [0.4, 0.5) is 10.5 Å². The van der Waals surface area contributed by atoms with E-state index in [1.165, 1.54) is 31.9 Å². The number of rotatable bonds is 5. The van der Waals surface area contributed by atoms with Gasteiger partial charge >= 0.3 is 5.97 Å². The molecule has 6 nitrogen and oxygen atoms in total. The number of amides is 2. The van der Waals surface area contributed by atoms with Gasteiger partial charge in [0.05, 0.1) is 11.5 Å². The van der Waals surface area contributed by atoms with Crippen molar-refractivity contribution >= 4 is 40.6 Å². The van der Waals surface area contributed by atoms with E-state index in [4.69, 9.17) is 4.74 Å². The summed E-state index contributed by atoms with van der Waals surface area (Å²) in [6, 6.07) is 7.06. The van der Waals surface area contributed by atoms with Crippen LogP contribution in [0, 0.1) is 0 Å². The Kier molecular flexibility index (Phi) is 6.21. The monoisotopic (exact) mass is 388 g/mol. The van der Waals surface area contributed by atoms with Crippen LogP contribution in [0.25, 0.3) is 6.08 Å². The van der Waals surface area contributed by atoms with E-state index in [1.54, 1.807) is 13.0 Å². The molecule has 2 aliphatic heterocycles. The zero-order valence-electron chi connectivity index (χ0n) is 15.6. The fourth-order valence-corrected chi connectivity index (χ4v) is 4.18. The standard InChI is InChI=1S/C20H24N2O4S/c1-3-26-19(24)14(2)22-18(23)17(27-20(22)25)13-15-7-9-16(10-8-15)21-11-5-4-6-12-21/h7-10,13-14H,3-6,11-12H2,1-2H3/b17-13-/t14-/m1/s1. The van der Waals surface area contributed by atoms with Gasteiger partial charge in [0.2, 0.25) is 0 Å². The largest absolute Gasteiger partial charge is 0.464 e. The minimum absolute atomic E-state index is 0.207. The Labute approximate surface area is 163 Å². The van der Waals surface area contributed by atoms with E-state index in [-0.39, 0.29) is 6.61 Å². The number of imide groups is 1. The van der Waals surface area contributed by atoms with Gasteiger partial charge in [-0.25, -0.2) is 4.79 Å². The first kappa shape index (κ1) is 19.5. The predicted octanol–water partition coefficient (Wildman–Crippen LogP) is 3.66. The van der Waals surface area contributed by atoms with Crippen LogP contribution in [0.15, 0.2) is 29.2 Å². The van der Waals surface area contributed by atoms with E-state index in [1.807, 2.05) is 24.3 Å². The first-order valence-electron chi connectivity index (χ1n) is 9.30. The summed E-state index contributed by atoms with van der Waals surface area (Å²) in [5, 5.41) is -0.447. The van der Waals surface area contributed by atoms with Gasteiger partial charge in [-0.15, -0.1) is 0 Å². The summed E-state index contributed by atoms with van der Waals surface area (Å²) in [4.78, 5) is 40.3. The van der Waals surface area contributed by atoms with Gasteiger partial charge in [0, 0.05) is 18.8 Å². The highest BCUT2D eigenvalue weighted by Crippen LogP contribution is 2.34. The molecule has 0 saturated carbocycles. The van der Waals surface area contributed by atoms with Crippen LogP contribution >= 0.6 is 11.8 Å². The third-order valence-corrected chi connectivity index (χ3v) is 5.63. The maximum absolute atomic E-state index is 12.6. The molecule has 0 N–H and O–H groups in total. The average Bonchev–Trinajstić information content (AvgIpc) is 2.96. The minimum Gasteiger partial charge on any atom is -0.464 e. The van der Waals surface area contributed by atoms with Gasteiger partial charge < -0.3 is 9.64 Å². The molecule has 0 radical (unpaired) electrons. The second kappa shape index (κ2) is 8.61. The molecular weight excluding hydrogens is 364 g/mol. The highest BCUT2D eigenvalue weighted by molar-refractivity contribution is 8.18. The molecular formula is C20H24N2O4S. The Hall–Kier alpha value is -2.28. The molecule has 0 aromatic heterocycles. The van der Waals surface area contributed by atoms with E-state index < -0.39 is 23.2 Å². The van der Waals surface area contributed by atoms with Gasteiger partial charge in [-0.2, -0.15) is 0 Å². The molecule has 144 valence electrons. The van der Waals surface area contributed by atoms with E-state index in [0.717, 1.165) is 35.3 Å². The Bertz CT molecular complexity index is 754. The number of nitrogens with zero attached hydrogens (tertiary/aromatic N) is 2. The summed E-state index contributed by atoms with van der Waals surface area (Å²) in [6.07, 6.45) is 5.42. The SMILES string of the molecule is CCOC(=O)[C@@H](C)N1C(=O)S/C(=C\c2ccc(N3CCCCC3)cc2)C1=O. The van der Waals surface area contributed by atoms with Crippen LogP contribution in [-0.2, 0) is 14.3 Å². The number of hydrogen-bond acceptors (Lipinski definition) is 6. The lowest BCUT2D eigenvalue weighted by Crippen LogP contribution is -2.42. The molecule has 27 heavy (non-hydrogen) atoms. The second-order valence-corrected chi connectivity index (χ2v) is 7.61. The summed E-state index contributed by atoms with van der Waals surface area (Å²) in [5.74, 6) is -1.03. The van der Waals surface area contributed by atoms with Crippen LogP contribution in [0.2, 0.25) is 0 Å². The molecule has 0 unspecified atom stereocenters. The first-order valence-corrected chi connectivity index (χ1v) is 10.1. The third-order valence-electron chi connectivity index (χ3n) is 4.75. The molecule has 1 aromatic rings.